The maximum absolute atomic E-state index is 13.9. The molecule has 5 rings (SSSR count). The fourth-order valence-electron chi connectivity index (χ4n) is 5.79. The molecule has 38 heavy (non-hydrogen) atoms. The highest BCUT2D eigenvalue weighted by Crippen LogP contribution is 2.47. The molecular formula is C28H34ClN7O2. The first-order valence-corrected chi connectivity index (χ1v) is 13.5. The molecule has 2 N–H and O–H groups in total. The fraction of sp³-hybridized carbons (Fsp3) is 0.464. The van der Waals surface area contributed by atoms with E-state index >= 15 is 0 Å². The minimum absolute atomic E-state index is 0.00315. The lowest BCUT2D eigenvalue weighted by atomic mass is 9.67. The highest BCUT2D eigenvalue weighted by Gasteiger charge is 2.52. The second kappa shape index (κ2) is 10.4. The van der Waals surface area contributed by atoms with Crippen molar-refractivity contribution in [1.82, 2.24) is 30.8 Å². The van der Waals surface area contributed by atoms with Gasteiger partial charge >= 0.3 is 6.03 Å². The summed E-state index contributed by atoms with van der Waals surface area (Å²) in [5.74, 6) is 0.830. The normalized spacial score (nSPS) is 21.8. The number of carbonyl (C=O) groups is 2. The first-order valence-electron chi connectivity index (χ1n) is 13.1. The number of carbonyl (C=O) groups excluding carboxylic acids is 2. The van der Waals surface area contributed by atoms with E-state index in [2.05, 4.69) is 51.6 Å². The van der Waals surface area contributed by atoms with Crippen LogP contribution in [0.4, 0.5) is 10.5 Å². The minimum atomic E-state index is -0.234. The molecule has 2 aliphatic rings. The van der Waals surface area contributed by atoms with Gasteiger partial charge in [-0.25, -0.2) is 4.79 Å². The average Bonchev–Trinajstić information content (AvgIpc) is 3.50. The van der Waals surface area contributed by atoms with Crippen LogP contribution in [-0.4, -0.2) is 49.5 Å². The van der Waals surface area contributed by atoms with Crippen LogP contribution >= 0.6 is 11.6 Å². The van der Waals surface area contributed by atoms with E-state index in [-0.39, 0.29) is 29.4 Å². The number of H-pyrrole nitrogens is 1. The Morgan fingerprint density at radius 1 is 1.16 bits per heavy atom. The van der Waals surface area contributed by atoms with Crippen LogP contribution in [0.3, 0.4) is 0 Å². The molecule has 0 bridgehead atoms. The number of halogens is 1. The molecule has 1 aromatic heterocycles. The summed E-state index contributed by atoms with van der Waals surface area (Å²) in [5.41, 5.74) is 2.36. The molecule has 0 radical (unpaired) electrons. The number of benzene rings is 2. The van der Waals surface area contributed by atoms with Gasteiger partial charge in [-0.15, -0.1) is 10.2 Å². The molecule has 0 atom stereocenters. The van der Waals surface area contributed by atoms with E-state index in [0.717, 1.165) is 36.9 Å². The second-order valence-corrected chi connectivity index (χ2v) is 11.9. The zero-order chi connectivity index (χ0) is 26.9. The van der Waals surface area contributed by atoms with E-state index in [1.807, 2.05) is 41.3 Å². The molecule has 1 aliphatic heterocycles. The third kappa shape index (κ3) is 5.38. The van der Waals surface area contributed by atoms with Gasteiger partial charge in [-0.1, -0.05) is 55.8 Å². The van der Waals surface area contributed by atoms with Crippen LogP contribution < -0.4 is 10.2 Å². The molecular weight excluding hydrogens is 502 g/mol. The lowest BCUT2D eigenvalue weighted by molar-refractivity contribution is 0.0631. The quantitative estimate of drug-likeness (QED) is 0.451. The summed E-state index contributed by atoms with van der Waals surface area (Å²) in [4.78, 5) is 30.4. The lowest BCUT2D eigenvalue weighted by Gasteiger charge is -2.45. The molecule has 10 heteroatoms. The van der Waals surface area contributed by atoms with E-state index in [0.29, 0.717) is 35.4 Å². The summed E-state index contributed by atoms with van der Waals surface area (Å²) in [6, 6.07) is 15.0. The number of nitrogens with zero attached hydrogens (tertiary/aromatic N) is 5. The number of anilines is 1. The van der Waals surface area contributed by atoms with Crippen molar-refractivity contribution in [3.8, 4) is 0 Å². The van der Waals surface area contributed by atoms with Gasteiger partial charge in [-0.3, -0.25) is 9.69 Å². The summed E-state index contributed by atoms with van der Waals surface area (Å²) < 4.78 is 0. The van der Waals surface area contributed by atoms with Crippen molar-refractivity contribution in [2.75, 3.05) is 11.4 Å². The first kappa shape index (κ1) is 26.2. The molecule has 9 nitrogen and oxygen atoms in total. The monoisotopic (exact) mass is 535 g/mol. The Morgan fingerprint density at radius 3 is 2.53 bits per heavy atom. The molecule has 1 spiro atoms. The summed E-state index contributed by atoms with van der Waals surface area (Å²) in [6.45, 7) is 8.26. The van der Waals surface area contributed by atoms with Gasteiger partial charge in [0.2, 0.25) is 0 Å². The number of urea groups is 1. The summed E-state index contributed by atoms with van der Waals surface area (Å²) in [5, 5.41) is 16.9. The fourth-order valence-corrected chi connectivity index (χ4v) is 5.97. The van der Waals surface area contributed by atoms with Crippen LogP contribution in [0.1, 0.15) is 68.2 Å². The van der Waals surface area contributed by atoms with Crippen LogP contribution in [0, 0.1) is 11.3 Å². The molecule has 3 amide bonds. The standard InChI is InChI=1S/C28H34ClN7O2/c1-27(2,3)21-11-13-28(14-12-21)18-35(23-6-4-5-22(29)15-23)26(38)36(28)17-19-7-9-20(10-8-19)25(37)30-16-24-31-33-34-32-24/h4-10,15,21H,11-14,16-18H2,1-3H3,(H,30,37)(H,31,32,33,34). The first-order chi connectivity index (χ1) is 18.1. The van der Waals surface area contributed by atoms with Crippen LogP contribution in [0.2, 0.25) is 5.02 Å². The predicted molar refractivity (Wildman–Crippen MR) is 146 cm³/mol. The number of hydrogen-bond acceptors (Lipinski definition) is 5. The van der Waals surface area contributed by atoms with Gasteiger partial charge in [0, 0.05) is 22.8 Å². The molecule has 2 aromatic carbocycles. The van der Waals surface area contributed by atoms with Gasteiger partial charge in [-0.05, 0) is 72.9 Å². The lowest BCUT2D eigenvalue weighted by Crippen LogP contribution is -2.50. The molecule has 0 unspecified atom stereocenters. The van der Waals surface area contributed by atoms with E-state index in [1.54, 1.807) is 12.1 Å². The highest BCUT2D eigenvalue weighted by atomic mass is 35.5. The third-order valence-corrected chi connectivity index (χ3v) is 8.34. The Balaban J connectivity index is 1.34. The zero-order valence-corrected chi connectivity index (χ0v) is 22.8. The van der Waals surface area contributed by atoms with Gasteiger partial charge in [0.05, 0.1) is 18.6 Å². The SMILES string of the molecule is CC(C)(C)C1CCC2(CC1)CN(c1cccc(Cl)c1)C(=O)N2Cc1ccc(C(=O)NCc2nn[nH]n2)cc1. The van der Waals surface area contributed by atoms with E-state index in [1.165, 1.54) is 0 Å². The number of aromatic nitrogens is 4. The second-order valence-electron chi connectivity index (χ2n) is 11.5. The molecule has 2 fully saturated rings. The Kier molecular flexibility index (Phi) is 7.13. The van der Waals surface area contributed by atoms with Crippen LogP contribution in [0.25, 0.3) is 0 Å². The van der Waals surface area contributed by atoms with Crippen molar-refractivity contribution in [3.63, 3.8) is 0 Å². The molecule has 2 heterocycles. The predicted octanol–water partition coefficient (Wildman–Crippen LogP) is 5.20. The number of nitrogens with one attached hydrogen (secondary N) is 2. The smallest absolute Gasteiger partial charge is 0.325 e. The number of amides is 3. The molecule has 1 saturated heterocycles. The molecule has 1 saturated carbocycles. The Bertz CT molecular complexity index is 1280. The van der Waals surface area contributed by atoms with E-state index < -0.39 is 0 Å². The highest BCUT2D eigenvalue weighted by molar-refractivity contribution is 6.30. The number of tetrazole rings is 1. The van der Waals surface area contributed by atoms with Gasteiger partial charge in [0.15, 0.2) is 5.82 Å². The number of hydrogen-bond donors (Lipinski definition) is 2. The maximum Gasteiger partial charge on any atom is 0.325 e. The Labute approximate surface area is 227 Å². The van der Waals surface area contributed by atoms with Crippen molar-refractivity contribution in [2.24, 2.45) is 11.3 Å². The topological polar surface area (TPSA) is 107 Å². The van der Waals surface area contributed by atoms with E-state index in [9.17, 15) is 9.59 Å². The summed E-state index contributed by atoms with van der Waals surface area (Å²) >= 11 is 6.28. The Hall–Kier alpha value is -3.46. The zero-order valence-electron chi connectivity index (χ0n) is 22.1. The van der Waals surface area contributed by atoms with Crippen molar-refractivity contribution >= 4 is 29.2 Å². The van der Waals surface area contributed by atoms with Gasteiger partial charge in [-0.2, -0.15) is 5.21 Å². The van der Waals surface area contributed by atoms with Crippen LogP contribution in [0.15, 0.2) is 48.5 Å². The van der Waals surface area contributed by atoms with Crippen molar-refractivity contribution in [1.29, 1.82) is 0 Å². The van der Waals surface area contributed by atoms with Crippen molar-refractivity contribution < 1.29 is 9.59 Å². The van der Waals surface area contributed by atoms with Crippen molar-refractivity contribution in [3.05, 3.63) is 70.5 Å². The van der Waals surface area contributed by atoms with E-state index in [4.69, 9.17) is 11.6 Å². The molecule has 200 valence electrons. The minimum Gasteiger partial charge on any atom is -0.345 e. The largest absolute Gasteiger partial charge is 0.345 e. The number of aromatic amines is 1. The van der Waals surface area contributed by atoms with Crippen molar-refractivity contribution in [2.45, 2.75) is 65.1 Å². The Morgan fingerprint density at radius 2 is 1.89 bits per heavy atom. The summed E-state index contributed by atoms with van der Waals surface area (Å²) in [6.07, 6.45) is 4.12. The van der Waals surface area contributed by atoms with Crippen LogP contribution in [0.5, 0.6) is 0 Å². The number of rotatable bonds is 6. The average molecular weight is 536 g/mol. The van der Waals surface area contributed by atoms with Gasteiger partial charge < -0.3 is 10.2 Å². The van der Waals surface area contributed by atoms with Gasteiger partial charge in [0.25, 0.3) is 5.91 Å². The third-order valence-electron chi connectivity index (χ3n) is 8.10. The molecule has 3 aromatic rings. The molecule has 1 aliphatic carbocycles. The summed E-state index contributed by atoms with van der Waals surface area (Å²) in [7, 11) is 0. The maximum atomic E-state index is 13.9. The van der Waals surface area contributed by atoms with Crippen LogP contribution in [-0.2, 0) is 13.1 Å². The van der Waals surface area contributed by atoms with Gasteiger partial charge in [0.1, 0.15) is 0 Å².